The Morgan fingerprint density at radius 2 is 1.65 bits per heavy atom. The molecule has 11 heteroatoms. The van der Waals surface area contributed by atoms with Crippen molar-refractivity contribution in [3.8, 4) is 28.7 Å². The number of nitrogens with zero attached hydrogens (tertiary/aromatic N) is 2. The fourth-order valence-electron chi connectivity index (χ4n) is 4.85. The van der Waals surface area contributed by atoms with Crippen molar-refractivity contribution in [2.75, 3.05) is 39.4 Å². The van der Waals surface area contributed by atoms with Gasteiger partial charge in [-0.1, -0.05) is 11.3 Å². The monoisotopic (exact) mass is 560 g/mol. The van der Waals surface area contributed by atoms with Gasteiger partial charge in [0.05, 0.1) is 37.1 Å². The molecule has 3 aromatic carbocycles. The van der Waals surface area contributed by atoms with Crippen molar-refractivity contribution >= 4 is 44.1 Å². The number of fused-ring (bicyclic) bond motifs is 2. The van der Waals surface area contributed by atoms with Crippen molar-refractivity contribution in [1.82, 2.24) is 4.98 Å². The number of aromatic nitrogens is 1. The molecule has 1 saturated heterocycles. The number of ether oxygens (including phenoxy) is 5. The Kier molecular flexibility index (Phi) is 6.43. The van der Waals surface area contributed by atoms with Crippen molar-refractivity contribution in [1.29, 1.82) is 0 Å². The Morgan fingerprint density at radius 1 is 0.925 bits per heavy atom. The van der Waals surface area contributed by atoms with Crippen LogP contribution in [0.3, 0.4) is 0 Å². The molecule has 40 heavy (non-hydrogen) atoms. The van der Waals surface area contributed by atoms with Crippen molar-refractivity contribution in [2.24, 2.45) is 0 Å². The van der Waals surface area contributed by atoms with E-state index < -0.39 is 17.7 Å². The van der Waals surface area contributed by atoms with Gasteiger partial charge < -0.3 is 28.8 Å². The molecule has 0 spiro atoms. The number of carbonyl (C=O) groups is 2. The Balaban J connectivity index is 1.58. The number of hydrogen-bond donors (Lipinski definition) is 1. The van der Waals surface area contributed by atoms with Crippen molar-refractivity contribution in [2.45, 2.75) is 6.04 Å². The number of thiazole rings is 1. The molecule has 1 aromatic heterocycles. The van der Waals surface area contributed by atoms with E-state index in [1.54, 1.807) is 55.6 Å². The number of aliphatic hydroxyl groups excluding tert-OH is 1. The summed E-state index contributed by atoms with van der Waals surface area (Å²) >= 11 is 1.23. The highest BCUT2D eigenvalue weighted by Gasteiger charge is 2.49. The van der Waals surface area contributed by atoms with Gasteiger partial charge in [-0.05, 0) is 54.6 Å². The lowest BCUT2D eigenvalue weighted by Gasteiger charge is -2.25. The number of benzene rings is 3. The minimum absolute atomic E-state index is 0.120. The van der Waals surface area contributed by atoms with Crippen LogP contribution in [0.25, 0.3) is 16.0 Å². The molecular formula is C29H24N2O8S. The summed E-state index contributed by atoms with van der Waals surface area (Å²) in [6.07, 6.45) is 0. The summed E-state index contributed by atoms with van der Waals surface area (Å²) in [7, 11) is 4.57. The molecule has 4 aromatic rings. The summed E-state index contributed by atoms with van der Waals surface area (Å²) in [6, 6.07) is 14.2. The van der Waals surface area contributed by atoms with E-state index in [0.717, 1.165) is 4.70 Å². The van der Waals surface area contributed by atoms with Gasteiger partial charge in [-0.25, -0.2) is 4.98 Å². The molecule has 0 radical (unpaired) electrons. The summed E-state index contributed by atoms with van der Waals surface area (Å²) in [5, 5.41) is 11.9. The molecule has 3 heterocycles. The highest BCUT2D eigenvalue weighted by Crippen LogP contribution is 2.48. The second kappa shape index (κ2) is 10.1. The molecule has 1 amide bonds. The summed E-state index contributed by atoms with van der Waals surface area (Å²) in [6.45, 7) is 0.762. The lowest BCUT2D eigenvalue weighted by Crippen LogP contribution is -2.29. The fraction of sp³-hybridized carbons (Fsp3) is 0.207. The normalized spacial score (nSPS) is 17.8. The number of carbonyl (C=O) groups excluding carboxylic acids is 2. The van der Waals surface area contributed by atoms with Crippen molar-refractivity contribution in [3.63, 3.8) is 0 Å². The molecule has 1 N–H and O–H groups in total. The zero-order chi connectivity index (χ0) is 28.0. The highest BCUT2D eigenvalue weighted by molar-refractivity contribution is 7.22. The minimum Gasteiger partial charge on any atom is -0.507 e. The lowest BCUT2D eigenvalue weighted by atomic mass is 9.94. The number of rotatable bonds is 6. The predicted octanol–water partition coefficient (Wildman–Crippen LogP) is 4.72. The third-order valence-electron chi connectivity index (χ3n) is 6.78. The molecule has 204 valence electrons. The zero-order valence-electron chi connectivity index (χ0n) is 21.8. The van der Waals surface area contributed by atoms with Gasteiger partial charge in [0.25, 0.3) is 5.78 Å². The van der Waals surface area contributed by atoms with E-state index in [-0.39, 0.29) is 16.5 Å². The van der Waals surface area contributed by atoms with Crippen molar-refractivity contribution < 1.29 is 38.4 Å². The molecule has 0 aliphatic carbocycles. The molecule has 2 aliphatic heterocycles. The molecule has 1 fully saturated rings. The van der Waals surface area contributed by atoms with E-state index in [9.17, 15) is 14.7 Å². The van der Waals surface area contributed by atoms with E-state index in [1.807, 2.05) is 6.07 Å². The SMILES string of the molecule is COc1ccc(OC)c(C2/C(=C(\O)c3ccc4c(c3)OCCO4)C(=O)C(=O)N2c2nc3ccc(OC)cc3s2)c1. The van der Waals surface area contributed by atoms with Crippen LogP contribution in [-0.2, 0) is 9.59 Å². The number of hydrogen-bond acceptors (Lipinski definition) is 10. The Hall–Kier alpha value is -4.77. The van der Waals surface area contributed by atoms with Gasteiger partial charge >= 0.3 is 5.91 Å². The average Bonchev–Trinajstić information content (AvgIpc) is 3.53. The van der Waals surface area contributed by atoms with Crippen molar-refractivity contribution in [3.05, 3.63) is 71.3 Å². The van der Waals surface area contributed by atoms with E-state index in [2.05, 4.69) is 4.98 Å². The number of amides is 1. The third-order valence-corrected chi connectivity index (χ3v) is 7.80. The second-order valence-electron chi connectivity index (χ2n) is 8.97. The maximum Gasteiger partial charge on any atom is 0.301 e. The van der Waals surface area contributed by atoms with Gasteiger partial charge in [0, 0.05) is 11.1 Å². The zero-order valence-corrected chi connectivity index (χ0v) is 22.6. The summed E-state index contributed by atoms with van der Waals surface area (Å²) in [5.41, 5.74) is 1.25. The van der Waals surface area contributed by atoms with Gasteiger partial charge in [-0.3, -0.25) is 14.5 Å². The molecule has 0 bridgehead atoms. The van der Waals surface area contributed by atoms with Crippen LogP contribution in [0.4, 0.5) is 5.13 Å². The fourth-order valence-corrected chi connectivity index (χ4v) is 5.87. The van der Waals surface area contributed by atoms with Crippen LogP contribution >= 0.6 is 11.3 Å². The number of anilines is 1. The first-order chi connectivity index (χ1) is 19.4. The molecular weight excluding hydrogens is 536 g/mol. The van der Waals surface area contributed by atoms with Gasteiger partial charge in [0.15, 0.2) is 16.6 Å². The van der Waals surface area contributed by atoms with Crippen LogP contribution in [0.2, 0.25) is 0 Å². The van der Waals surface area contributed by atoms with E-state index >= 15 is 0 Å². The van der Waals surface area contributed by atoms with Gasteiger partial charge in [0.1, 0.15) is 42.3 Å². The van der Waals surface area contributed by atoms with Crippen LogP contribution in [0.15, 0.2) is 60.2 Å². The smallest absolute Gasteiger partial charge is 0.301 e. The molecule has 0 saturated carbocycles. The van der Waals surface area contributed by atoms with E-state index in [0.29, 0.717) is 58.6 Å². The predicted molar refractivity (Wildman–Crippen MR) is 148 cm³/mol. The van der Waals surface area contributed by atoms with E-state index in [1.165, 1.54) is 30.5 Å². The quantitative estimate of drug-likeness (QED) is 0.203. The first-order valence-corrected chi connectivity index (χ1v) is 13.1. The van der Waals surface area contributed by atoms with Crippen LogP contribution in [0.5, 0.6) is 28.7 Å². The standard InChI is InChI=1S/C29H24N2O8S/c1-35-16-6-9-20(37-3)18(13-16)25-24(26(32)15-4-8-21-22(12-15)39-11-10-38-21)27(33)28(34)31(25)29-30-19-7-5-17(36-2)14-23(19)40-29/h4-9,12-14,25,32H,10-11H2,1-3H3/b26-24+. The maximum atomic E-state index is 13.7. The lowest BCUT2D eigenvalue weighted by molar-refractivity contribution is -0.132. The average molecular weight is 561 g/mol. The van der Waals surface area contributed by atoms with Crippen LogP contribution < -0.4 is 28.6 Å². The maximum absolute atomic E-state index is 13.7. The number of aliphatic hydroxyl groups is 1. The number of methoxy groups -OCH3 is 3. The summed E-state index contributed by atoms with van der Waals surface area (Å²) in [5.74, 6) is 0.409. The largest absolute Gasteiger partial charge is 0.507 e. The highest BCUT2D eigenvalue weighted by atomic mass is 32.1. The van der Waals surface area contributed by atoms with Gasteiger partial charge in [0.2, 0.25) is 0 Å². The molecule has 1 atom stereocenters. The molecule has 10 nitrogen and oxygen atoms in total. The summed E-state index contributed by atoms with van der Waals surface area (Å²) < 4.78 is 28.4. The van der Waals surface area contributed by atoms with Gasteiger partial charge in [-0.15, -0.1) is 0 Å². The Morgan fingerprint density at radius 3 is 2.40 bits per heavy atom. The molecule has 6 rings (SSSR count). The second-order valence-corrected chi connectivity index (χ2v) is 9.97. The Bertz CT molecular complexity index is 1690. The van der Waals surface area contributed by atoms with Crippen LogP contribution in [-0.4, -0.2) is 56.3 Å². The topological polar surface area (TPSA) is 117 Å². The first kappa shape index (κ1) is 25.5. The first-order valence-electron chi connectivity index (χ1n) is 12.3. The Labute approximate surface area is 232 Å². The van der Waals surface area contributed by atoms with E-state index in [4.69, 9.17) is 23.7 Å². The van der Waals surface area contributed by atoms with Crippen LogP contribution in [0.1, 0.15) is 17.2 Å². The van der Waals surface area contributed by atoms with Gasteiger partial charge in [-0.2, -0.15) is 0 Å². The summed E-state index contributed by atoms with van der Waals surface area (Å²) in [4.78, 5) is 33.3. The third kappa shape index (κ3) is 4.15. The molecule has 2 aliphatic rings. The molecule has 1 unspecified atom stereocenters. The minimum atomic E-state index is -1.07. The number of Topliss-reactive ketones (excluding diaryl/α,β-unsaturated/α-hetero) is 1. The van der Waals surface area contributed by atoms with Crippen LogP contribution in [0, 0.1) is 0 Å². The number of ketones is 1.